The summed E-state index contributed by atoms with van der Waals surface area (Å²) in [5, 5.41) is 25.8. The van der Waals surface area contributed by atoms with Crippen molar-refractivity contribution in [3.8, 4) is 11.5 Å². The number of carbonyl (C=O) groups is 1. The summed E-state index contributed by atoms with van der Waals surface area (Å²) in [6.45, 7) is 2.71. The molecule has 19 heavy (non-hydrogen) atoms. The number of tetrazole rings is 1. The SMILES string of the molecule is CC1CNc2nc(-c3nn[nH]n3)cn2C1CC(=O)O. The molecule has 0 spiro atoms. The molecule has 9 heteroatoms. The molecule has 3 N–H and O–H groups in total. The fourth-order valence-electron chi connectivity index (χ4n) is 2.30. The van der Waals surface area contributed by atoms with Crippen molar-refractivity contribution in [2.75, 3.05) is 11.9 Å². The minimum absolute atomic E-state index is 0.0674. The van der Waals surface area contributed by atoms with Crippen LogP contribution in [-0.2, 0) is 4.79 Å². The van der Waals surface area contributed by atoms with Crippen LogP contribution in [0, 0.1) is 5.92 Å². The number of aromatic amines is 1. The van der Waals surface area contributed by atoms with Gasteiger partial charge in [0.05, 0.1) is 12.5 Å². The maximum atomic E-state index is 11.0. The number of hydrogen-bond acceptors (Lipinski definition) is 6. The van der Waals surface area contributed by atoms with Gasteiger partial charge in [-0.25, -0.2) is 4.98 Å². The molecule has 9 nitrogen and oxygen atoms in total. The van der Waals surface area contributed by atoms with E-state index in [9.17, 15) is 4.79 Å². The maximum Gasteiger partial charge on any atom is 0.305 e. The second-order valence-corrected chi connectivity index (χ2v) is 4.62. The molecule has 0 amide bonds. The van der Waals surface area contributed by atoms with Gasteiger partial charge in [-0.15, -0.1) is 10.2 Å². The molecule has 0 saturated carbocycles. The Bertz CT molecular complexity index is 591. The van der Waals surface area contributed by atoms with E-state index in [2.05, 4.69) is 30.9 Å². The average molecular weight is 263 g/mol. The van der Waals surface area contributed by atoms with Gasteiger partial charge in [0.1, 0.15) is 5.69 Å². The van der Waals surface area contributed by atoms with Gasteiger partial charge in [0.15, 0.2) is 0 Å². The molecule has 0 saturated heterocycles. The van der Waals surface area contributed by atoms with E-state index >= 15 is 0 Å². The van der Waals surface area contributed by atoms with Gasteiger partial charge in [0.25, 0.3) is 0 Å². The first kappa shape index (κ1) is 11.6. The molecule has 0 aliphatic carbocycles. The number of nitrogens with one attached hydrogen (secondary N) is 2. The number of carboxylic acids is 1. The minimum atomic E-state index is -0.820. The van der Waals surface area contributed by atoms with Crippen LogP contribution >= 0.6 is 0 Å². The normalized spacial score (nSPS) is 21.7. The number of anilines is 1. The molecular weight excluding hydrogens is 250 g/mol. The lowest BCUT2D eigenvalue weighted by atomic mass is 9.97. The Morgan fingerprint density at radius 1 is 1.63 bits per heavy atom. The molecule has 3 rings (SSSR count). The second kappa shape index (κ2) is 4.34. The fraction of sp³-hybridized carbons (Fsp3) is 0.500. The van der Waals surface area contributed by atoms with E-state index in [1.807, 2.05) is 11.5 Å². The molecule has 2 unspecified atom stereocenters. The Balaban J connectivity index is 1.98. The average Bonchev–Trinajstić information content (AvgIpc) is 3.00. The van der Waals surface area contributed by atoms with Crippen LogP contribution in [0.5, 0.6) is 0 Å². The number of carboxylic acid groups (broad SMARTS) is 1. The smallest absolute Gasteiger partial charge is 0.305 e. The van der Waals surface area contributed by atoms with Crippen LogP contribution < -0.4 is 5.32 Å². The van der Waals surface area contributed by atoms with E-state index in [0.717, 1.165) is 0 Å². The van der Waals surface area contributed by atoms with Crippen molar-refractivity contribution in [1.82, 2.24) is 30.2 Å². The van der Waals surface area contributed by atoms with Gasteiger partial charge in [-0.3, -0.25) is 4.79 Å². The second-order valence-electron chi connectivity index (χ2n) is 4.62. The van der Waals surface area contributed by atoms with E-state index in [0.29, 0.717) is 24.0 Å². The van der Waals surface area contributed by atoms with E-state index in [1.54, 1.807) is 6.20 Å². The lowest BCUT2D eigenvalue weighted by Gasteiger charge is -2.30. The largest absolute Gasteiger partial charge is 0.481 e. The van der Waals surface area contributed by atoms with Crippen LogP contribution in [0.3, 0.4) is 0 Å². The number of aromatic nitrogens is 6. The Morgan fingerprint density at radius 2 is 2.47 bits per heavy atom. The highest BCUT2D eigenvalue weighted by Gasteiger charge is 2.29. The number of hydrogen-bond donors (Lipinski definition) is 3. The number of aliphatic carboxylic acids is 1. The predicted octanol–water partition coefficient (Wildman–Crippen LogP) is 0.141. The highest BCUT2D eigenvalue weighted by atomic mass is 16.4. The highest BCUT2D eigenvalue weighted by Crippen LogP contribution is 2.32. The van der Waals surface area contributed by atoms with Crippen LogP contribution in [0.4, 0.5) is 5.95 Å². The minimum Gasteiger partial charge on any atom is -0.481 e. The van der Waals surface area contributed by atoms with Crippen LogP contribution in [0.1, 0.15) is 19.4 Å². The molecule has 1 aliphatic heterocycles. The van der Waals surface area contributed by atoms with Gasteiger partial charge in [-0.1, -0.05) is 6.92 Å². The molecule has 3 heterocycles. The van der Waals surface area contributed by atoms with Gasteiger partial charge in [0, 0.05) is 12.7 Å². The Labute approximate surface area is 108 Å². The summed E-state index contributed by atoms with van der Waals surface area (Å²) in [6.07, 6.45) is 1.83. The zero-order valence-corrected chi connectivity index (χ0v) is 10.2. The summed E-state index contributed by atoms with van der Waals surface area (Å²) in [5.41, 5.74) is 0.570. The molecule has 2 aromatic heterocycles. The van der Waals surface area contributed by atoms with Crippen molar-refractivity contribution in [3.63, 3.8) is 0 Å². The molecule has 100 valence electrons. The quantitative estimate of drug-likeness (QED) is 0.720. The van der Waals surface area contributed by atoms with Gasteiger partial charge in [-0.05, 0) is 11.1 Å². The lowest BCUT2D eigenvalue weighted by Crippen LogP contribution is -2.31. The number of imidazole rings is 1. The number of fused-ring (bicyclic) bond motifs is 1. The zero-order chi connectivity index (χ0) is 13.4. The van der Waals surface area contributed by atoms with E-state index in [-0.39, 0.29) is 18.4 Å². The fourth-order valence-corrected chi connectivity index (χ4v) is 2.30. The van der Waals surface area contributed by atoms with Gasteiger partial charge in [-0.2, -0.15) is 5.21 Å². The summed E-state index contributed by atoms with van der Waals surface area (Å²) < 4.78 is 1.84. The summed E-state index contributed by atoms with van der Waals surface area (Å²) in [5.74, 6) is 0.421. The van der Waals surface area contributed by atoms with Crippen molar-refractivity contribution < 1.29 is 9.90 Å². The third kappa shape index (κ3) is 2.02. The van der Waals surface area contributed by atoms with E-state index < -0.39 is 5.97 Å². The first-order valence-electron chi connectivity index (χ1n) is 5.93. The summed E-state index contributed by atoms with van der Waals surface area (Å²) >= 11 is 0. The monoisotopic (exact) mass is 263 g/mol. The first-order valence-corrected chi connectivity index (χ1v) is 5.93. The predicted molar refractivity (Wildman–Crippen MR) is 64.3 cm³/mol. The van der Waals surface area contributed by atoms with Crippen molar-refractivity contribution in [1.29, 1.82) is 0 Å². The Kier molecular flexibility index (Phi) is 2.65. The van der Waals surface area contributed by atoms with Crippen molar-refractivity contribution >= 4 is 11.9 Å². The summed E-state index contributed by atoms with van der Waals surface area (Å²) in [6, 6.07) is -0.123. The van der Waals surface area contributed by atoms with E-state index in [1.165, 1.54) is 0 Å². The molecular formula is C10H13N7O2. The summed E-state index contributed by atoms with van der Waals surface area (Å²) in [4.78, 5) is 15.3. The third-order valence-electron chi connectivity index (χ3n) is 3.29. The maximum absolute atomic E-state index is 11.0. The van der Waals surface area contributed by atoms with Gasteiger partial charge in [0.2, 0.25) is 11.8 Å². The topological polar surface area (TPSA) is 122 Å². The zero-order valence-electron chi connectivity index (χ0n) is 10.2. The standard InChI is InChI=1S/C10H13N7O2/c1-5-3-11-10-12-6(9-13-15-16-14-9)4-17(10)7(5)2-8(18)19/h4-5,7H,2-3H2,1H3,(H,11,12)(H,18,19)(H,13,14,15,16). The van der Waals surface area contributed by atoms with E-state index in [4.69, 9.17) is 5.11 Å². The van der Waals surface area contributed by atoms with Crippen LogP contribution in [0.15, 0.2) is 6.20 Å². The Morgan fingerprint density at radius 3 is 3.16 bits per heavy atom. The van der Waals surface area contributed by atoms with Crippen LogP contribution in [-0.4, -0.2) is 47.8 Å². The molecule has 0 bridgehead atoms. The van der Waals surface area contributed by atoms with Crippen molar-refractivity contribution in [3.05, 3.63) is 6.20 Å². The third-order valence-corrected chi connectivity index (χ3v) is 3.29. The lowest BCUT2D eigenvalue weighted by molar-refractivity contribution is -0.138. The highest BCUT2D eigenvalue weighted by molar-refractivity contribution is 5.67. The molecule has 0 fully saturated rings. The number of rotatable bonds is 3. The molecule has 2 aromatic rings. The van der Waals surface area contributed by atoms with Crippen LogP contribution in [0.2, 0.25) is 0 Å². The number of nitrogens with zero attached hydrogens (tertiary/aromatic N) is 5. The first-order chi connectivity index (χ1) is 9.15. The van der Waals surface area contributed by atoms with Crippen molar-refractivity contribution in [2.24, 2.45) is 5.92 Å². The molecule has 0 aromatic carbocycles. The van der Waals surface area contributed by atoms with Gasteiger partial charge >= 0.3 is 5.97 Å². The molecule has 2 atom stereocenters. The Hall–Kier alpha value is -2.45. The number of H-pyrrole nitrogens is 1. The van der Waals surface area contributed by atoms with Crippen molar-refractivity contribution in [2.45, 2.75) is 19.4 Å². The molecule has 1 aliphatic rings. The molecule has 0 radical (unpaired) electrons. The summed E-state index contributed by atoms with van der Waals surface area (Å²) in [7, 11) is 0. The van der Waals surface area contributed by atoms with Crippen LogP contribution in [0.25, 0.3) is 11.5 Å². The van der Waals surface area contributed by atoms with Gasteiger partial charge < -0.3 is 15.0 Å².